The van der Waals surface area contributed by atoms with Crippen molar-refractivity contribution >= 4 is 23.2 Å². The molecule has 138 valence electrons. The molecule has 2 aromatic carbocycles. The fourth-order valence-corrected chi connectivity index (χ4v) is 3.36. The summed E-state index contributed by atoms with van der Waals surface area (Å²) in [5, 5.41) is 2.63. The minimum Gasteiger partial charge on any atom is -0.321 e. The Bertz CT molecular complexity index is 823. The normalized spacial score (nSPS) is 18.1. The monoisotopic (exact) mass is 383 g/mol. The number of halogens is 4. The predicted octanol–water partition coefficient (Wildman–Crippen LogP) is 3.33. The highest BCUT2D eigenvalue weighted by molar-refractivity contribution is 6.33. The van der Waals surface area contributed by atoms with E-state index in [2.05, 4.69) is 11.4 Å². The lowest BCUT2D eigenvalue weighted by molar-refractivity contribution is -0.929. The first-order valence-electron chi connectivity index (χ1n) is 8.34. The number of quaternary nitrogens is 1. The number of benzene rings is 2. The largest absolute Gasteiger partial charge is 0.416 e. The third-order valence-corrected chi connectivity index (χ3v) is 5.14. The maximum atomic E-state index is 12.9. The van der Waals surface area contributed by atoms with Gasteiger partial charge in [-0.25, -0.2) is 0 Å². The van der Waals surface area contributed by atoms with Gasteiger partial charge in [0.2, 0.25) is 0 Å². The van der Waals surface area contributed by atoms with E-state index in [1.807, 2.05) is 18.2 Å². The molecule has 0 saturated carbocycles. The van der Waals surface area contributed by atoms with Crippen LogP contribution in [-0.2, 0) is 23.9 Å². The maximum Gasteiger partial charge on any atom is 0.416 e. The summed E-state index contributed by atoms with van der Waals surface area (Å²) in [6.07, 6.45) is -3.62. The Morgan fingerprint density at radius 1 is 1.19 bits per heavy atom. The zero-order valence-corrected chi connectivity index (χ0v) is 14.9. The van der Waals surface area contributed by atoms with Gasteiger partial charge in [-0.2, -0.15) is 13.2 Å². The van der Waals surface area contributed by atoms with Crippen LogP contribution in [0.3, 0.4) is 0 Å². The van der Waals surface area contributed by atoms with E-state index in [1.54, 1.807) is 6.92 Å². The Labute approximate surface area is 154 Å². The van der Waals surface area contributed by atoms with E-state index in [1.165, 1.54) is 11.1 Å². The number of anilines is 1. The molecular formula is C19H19ClF3N2O+. The van der Waals surface area contributed by atoms with Gasteiger partial charge in [-0.05, 0) is 30.7 Å². The van der Waals surface area contributed by atoms with Crippen LogP contribution in [0.1, 0.15) is 23.6 Å². The molecule has 2 aromatic rings. The second-order valence-electron chi connectivity index (χ2n) is 6.51. The summed E-state index contributed by atoms with van der Waals surface area (Å²) in [7, 11) is 0. The molecule has 1 amide bonds. The van der Waals surface area contributed by atoms with E-state index in [-0.39, 0.29) is 16.6 Å². The molecule has 0 radical (unpaired) electrons. The zero-order valence-electron chi connectivity index (χ0n) is 14.2. The van der Waals surface area contributed by atoms with Crippen LogP contribution in [0.5, 0.6) is 0 Å². The van der Waals surface area contributed by atoms with E-state index in [9.17, 15) is 18.0 Å². The number of rotatable bonds is 3. The van der Waals surface area contributed by atoms with Crippen LogP contribution in [0.25, 0.3) is 0 Å². The first-order valence-corrected chi connectivity index (χ1v) is 8.72. The SMILES string of the molecule is C[C@@H](C(=O)Nc1cc(C(F)(F)F)ccc1Cl)[NH+]1CCc2ccccc2C1. The van der Waals surface area contributed by atoms with Gasteiger partial charge in [-0.15, -0.1) is 0 Å². The van der Waals surface area contributed by atoms with Crippen molar-refractivity contribution in [3.8, 4) is 0 Å². The minimum atomic E-state index is -4.49. The van der Waals surface area contributed by atoms with Crippen molar-refractivity contribution in [1.82, 2.24) is 0 Å². The van der Waals surface area contributed by atoms with E-state index < -0.39 is 17.8 Å². The quantitative estimate of drug-likeness (QED) is 0.837. The fraction of sp³-hybridized carbons (Fsp3) is 0.316. The van der Waals surface area contributed by atoms with Gasteiger partial charge < -0.3 is 10.2 Å². The lowest BCUT2D eigenvalue weighted by Crippen LogP contribution is -3.16. The number of fused-ring (bicyclic) bond motifs is 1. The molecule has 0 spiro atoms. The van der Waals surface area contributed by atoms with Crippen molar-refractivity contribution in [2.24, 2.45) is 0 Å². The number of carbonyl (C=O) groups excluding carboxylic acids is 1. The number of amides is 1. The van der Waals surface area contributed by atoms with Crippen LogP contribution in [0.2, 0.25) is 5.02 Å². The lowest BCUT2D eigenvalue weighted by Gasteiger charge is -2.30. The smallest absolute Gasteiger partial charge is 0.321 e. The first kappa shape index (κ1) is 18.7. The highest BCUT2D eigenvalue weighted by Gasteiger charge is 2.32. The van der Waals surface area contributed by atoms with E-state index in [0.717, 1.165) is 36.1 Å². The number of carbonyl (C=O) groups is 1. The fourth-order valence-electron chi connectivity index (χ4n) is 3.20. The summed E-state index contributed by atoms with van der Waals surface area (Å²) in [4.78, 5) is 13.6. The molecular weight excluding hydrogens is 365 g/mol. The third kappa shape index (κ3) is 4.02. The van der Waals surface area contributed by atoms with Gasteiger partial charge in [0, 0.05) is 12.0 Å². The van der Waals surface area contributed by atoms with Gasteiger partial charge in [0.05, 0.1) is 22.8 Å². The molecule has 2 atom stereocenters. The third-order valence-electron chi connectivity index (χ3n) is 4.81. The Morgan fingerprint density at radius 2 is 1.88 bits per heavy atom. The second-order valence-corrected chi connectivity index (χ2v) is 6.91. The first-order chi connectivity index (χ1) is 12.3. The van der Waals surface area contributed by atoms with Crippen LogP contribution < -0.4 is 10.2 Å². The van der Waals surface area contributed by atoms with E-state index in [0.29, 0.717) is 6.54 Å². The molecule has 3 nitrogen and oxygen atoms in total. The maximum absolute atomic E-state index is 12.9. The van der Waals surface area contributed by atoms with Crippen LogP contribution in [0.4, 0.5) is 18.9 Å². The van der Waals surface area contributed by atoms with Crippen LogP contribution in [0, 0.1) is 0 Å². The Kier molecular flexibility index (Phi) is 5.25. The van der Waals surface area contributed by atoms with Gasteiger partial charge in [0.1, 0.15) is 6.54 Å². The van der Waals surface area contributed by atoms with Crippen LogP contribution in [0.15, 0.2) is 42.5 Å². The van der Waals surface area contributed by atoms with Gasteiger partial charge >= 0.3 is 6.18 Å². The second kappa shape index (κ2) is 7.29. The summed E-state index contributed by atoms with van der Waals surface area (Å²) < 4.78 is 38.6. The zero-order chi connectivity index (χ0) is 18.9. The average Bonchev–Trinajstić information content (AvgIpc) is 2.61. The molecule has 0 fully saturated rings. The molecule has 1 aliphatic heterocycles. The molecule has 7 heteroatoms. The molecule has 1 unspecified atom stereocenters. The summed E-state index contributed by atoms with van der Waals surface area (Å²) in [5.74, 6) is -0.347. The van der Waals surface area contributed by atoms with Crippen molar-refractivity contribution in [1.29, 1.82) is 0 Å². The number of hydrogen-bond acceptors (Lipinski definition) is 1. The summed E-state index contributed by atoms with van der Waals surface area (Å²) in [6, 6.07) is 10.6. The summed E-state index contributed by atoms with van der Waals surface area (Å²) in [6.45, 7) is 3.28. The van der Waals surface area contributed by atoms with Crippen molar-refractivity contribution in [3.05, 3.63) is 64.2 Å². The number of alkyl halides is 3. The van der Waals surface area contributed by atoms with Gasteiger partial charge in [-0.3, -0.25) is 4.79 Å². The van der Waals surface area contributed by atoms with Gasteiger partial charge in [-0.1, -0.05) is 35.9 Å². The Hall–Kier alpha value is -2.05. The standard InChI is InChI=1S/C19H18ClF3N2O/c1-12(25-9-8-13-4-2-3-5-14(13)11-25)18(26)24-17-10-15(19(21,22)23)6-7-16(17)20/h2-7,10,12H,8-9,11H2,1H3,(H,24,26)/p+1/t12-/m0/s1. The number of nitrogens with one attached hydrogen (secondary N) is 2. The van der Waals surface area contributed by atoms with E-state index in [4.69, 9.17) is 11.6 Å². The predicted molar refractivity (Wildman–Crippen MR) is 94.2 cm³/mol. The van der Waals surface area contributed by atoms with Crippen molar-refractivity contribution in [3.63, 3.8) is 0 Å². The van der Waals surface area contributed by atoms with Gasteiger partial charge in [0.25, 0.3) is 5.91 Å². The molecule has 2 N–H and O–H groups in total. The highest BCUT2D eigenvalue weighted by atomic mass is 35.5. The van der Waals surface area contributed by atoms with Gasteiger partial charge in [0.15, 0.2) is 6.04 Å². The Balaban J connectivity index is 1.72. The van der Waals surface area contributed by atoms with Crippen LogP contribution >= 0.6 is 11.6 Å². The molecule has 0 aromatic heterocycles. The summed E-state index contributed by atoms with van der Waals surface area (Å²) in [5.41, 5.74) is 1.62. The summed E-state index contributed by atoms with van der Waals surface area (Å²) >= 11 is 5.96. The Morgan fingerprint density at radius 3 is 2.58 bits per heavy atom. The van der Waals surface area contributed by atoms with Crippen molar-refractivity contribution in [2.75, 3.05) is 11.9 Å². The molecule has 3 rings (SSSR count). The average molecular weight is 384 g/mol. The molecule has 1 aliphatic rings. The molecule has 0 saturated heterocycles. The highest BCUT2D eigenvalue weighted by Crippen LogP contribution is 2.33. The number of hydrogen-bond donors (Lipinski definition) is 2. The van der Waals surface area contributed by atoms with Crippen molar-refractivity contribution in [2.45, 2.75) is 32.1 Å². The van der Waals surface area contributed by atoms with Crippen molar-refractivity contribution < 1.29 is 22.9 Å². The van der Waals surface area contributed by atoms with Crippen LogP contribution in [-0.4, -0.2) is 18.5 Å². The topological polar surface area (TPSA) is 33.5 Å². The molecule has 0 bridgehead atoms. The molecule has 26 heavy (non-hydrogen) atoms. The minimum absolute atomic E-state index is 0.0184. The van der Waals surface area contributed by atoms with E-state index >= 15 is 0 Å². The molecule has 0 aliphatic carbocycles. The lowest BCUT2D eigenvalue weighted by atomic mass is 9.99. The molecule has 1 heterocycles.